The molecule has 0 fully saturated rings. The highest BCUT2D eigenvalue weighted by Gasteiger charge is 2.19. The lowest BCUT2D eigenvalue weighted by Crippen LogP contribution is -2.38. The van der Waals surface area contributed by atoms with Crippen molar-refractivity contribution in [2.24, 2.45) is 10.7 Å². The Morgan fingerprint density at radius 2 is 2.19 bits per heavy atom. The summed E-state index contributed by atoms with van der Waals surface area (Å²) >= 11 is 0. The quantitative estimate of drug-likeness (QED) is 0.731. The standard InChI is InChI=1S/C11H13N3O2/c12-11-13-4-3-8(14-11)7-1-2-9-10(5-7)16-6-15-9/h1-2,5,8H,3-4,6H2,(H3,12,13,14). The molecule has 0 saturated carbocycles. The monoisotopic (exact) mass is 219 g/mol. The summed E-state index contributed by atoms with van der Waals surface area (Å²) in [5.74, 6) is 2.12. The third kappa shape index (κ3) is 1.54. The molecule has 0 saturated heterocycles. The molecule has 0 spiro atoms. The molecule has 5 nitrogen and oxygen atoms in total. The number of fused-ring (bicyclic) bond motifs is 1. The van der Waals surface area contributed by atoms with E-state index in [0.29, 0.717) is 12.8 Å². The first-order chi connectivity index (χ1) is 7.83. The minimum absolute atomic E-state index is 0.215. The average Bonchev–Trinajstić information content (AvgIpc) is 2.75. The number of hydrogen-bond acceptors (Lipinski definition) is 5. The summed E-state index contributed by atoms with van der Waals surface area (Å²) < 4.78 is 10.6. The second kappa shape index (κ2) is 3.59. The Hall–Kier alpha value is -1.91. The largest absolute Gasteiger partial charge is 0.454 e. The third-order valence-corrected chi connectivity index (χ3v) is 2.82. The van der Waals surface area contributed by atoms with Crippen LogP contribution in [0.15, 0.2) is 23.2 Å². The van der Waals surface area contributed by atoms with E-state index >= 15 is 0 Å². The van der Waals surface area contributed by atoms with E-state index in [-0.39, 0.29) is 6.04 Å². The van der Waals surface area contributed by atoms with E-state index in [1.54, 1.807) is 0 Å². The minimum Gasteiger partial charge on any atom is -0.454 e. The number of nitrogens with zero attached hydrogens (tertiary/aromatic N) is 1. The van der Waals surface area contributed by atoms with Crippen LogP contribution in [0.3, 0.4) is 0 Å². The van der Waals surface area contributed by atoms with Crippen LogP contribution in [-0.2, 0) is 0 Å². The Balaban J connectivity index is 1.87. The number of nitrogens with two attached hydrogens (primary N) is 1. The van der Waals surface area contributed by atoms with E-state index < -0.39 is 0 Å². The molecule has 5 heteroatoms. The summed E-state index contributed by atoms with van der Waals surface area (Å²) in [6, 6.07) is 6.18. The lowest BCUT2D eigenvalue weighted by molar-refractivity contribution is 0.174. The molecule has 16 heavy (non-hydrogen) atoms. The second-order valence-corrected chi connectivity index (χ2v) is 3.87. The second-order valence-electron chi connectivity index (χ2n) is 3.87. The highest BCUT2D eigenvalue weighted by Crippen LogP contribution is 2.34. The summed E-state index contributed by atoms with van der Waals surface area (Å²) in [5, 5.41) is 3.16. The van der Waals surface area contributed by atoms with Gasteiger partial charge in [0.1, 0.15) is 0 Å². The summed E-state index contributed by atoms with van der Waals surface area (Å²) in [7, 11) is 0. The lowest BCUT2D eigenvalue weighted by atomic mass is 10.0. The highest BCUT2D eigenvalue weighted by molar-refractivity contribution is 5.79. The van der Waals surface area contributed by atoms with Gasteiger partial charge >= 0.3 is 0 Å². The number of ether oxygens (including phenoxy) is 2. The first-order valence-electron chi connectivity index (χ1n) is 5.29. The van der Waals surface area contributed by atoms with Crippen LogP contribution in [0.1, 0.15) is 18.0 Å². The van der Waals surface area contributed by atoms with Crippen molar-refractivity contribution in [1.29, 1.82) is 0 Å². The molecular formula is C11H13N3O2. The lowest BCUT2D eigenvalue weighted by Gasteiger charge is -2.23. The molecule has 1 unspecified atom stereocenters. The van der Waals surface area contributed by atoms with E-state index in [0.717, 1.165) is 30.0 Å². The first kappa shape index (κ1) is 9.33. The number of guanidine groups is 1. The van der Waals surface area contributed by atoms with Gasteiger partial charge in [-0.05, 0) is 24.1 Å². The molecular weight excluding hydrogens is 206 g/mol. The molecule has 3 N–H and O–H groups in total. The fourth-order valence-electron chi connectivity index (χ4n) is 1.99. The predicted octanol–water partition coefficient (Wildman–Crippen LogP) is 0.764. The van der Waals surface area contributed by atoms with Crippen LogP contribution < -0.4 is 20.5 Å². The Labute approximate surface area is 93.3 Å². The van der Waals surface area contributed by atoms with E-state index in [9.17, 15) is 0 Å². The van der Waals surface area contributed by atoms with E-state index in [4.69, 9.17) is 15.2 Å². The van der Waals surface area contributed by atoms with Crippen molar-refractivity contribution in [2.75, 3.05) is 13.3 Å². The third-order valence-electron chi connectivity index (χ3n) is 2.82. The van der Waals surface area contributed by atoms with Crippen molar-refractivity contribution < 1.29 is 9.47 Å². The fraction of sp³-hybridized carbons (Fsp3) is 0.364. The molecule has 2 aliphatic heterocycles. The molecule has 1 aromatic rings. The van der Waals surface area contributed by atoms with E-state index in [2.05, 4.69) is 10.3 Å². The number of nitrogens with one attached hydrogen (secondary N) is 1. The van der Waals surface area contributed by atoms with Gasteiger partial charge in [0.05, 0.1) is 6.04 Å². The predicted molar refractivity (Wildman–Crippen MR) is 59.5 cm³/mol. The maximum atomic E-state index is 5.66. The molecule has 2 aliphatic rings. The van der Waals surface area contributed by atoms with Gasteiger partial charge in [-0.3, -0.25) is 4.99 Å². The Bertz CT molecular complexity index is 445. The minimum atomic E-state index is 0.215. The van der Waals surface area contributed by atoms with Crippen molar-refractivity contribution in [1.82, 2.24) is 5.32 Å². The maximum Gasteiger partial charge on any atom is 0.231 e. The zero-order valence-corrected chi connectivity index (χ0v) is 8.77. The molecule has 1 aromatic carbocycles. The molecule has 0 bridgehead atoms. The van der Waals surface area contributed by atoms with E-state index in [1.807, 2.05) is 18.2 Å². The zero-order chi connectivity index (χ0) is 11.0. The van der Waals surface area contributed by atoms with Crippen LogP contribution in [-0.4, -0.2) is 19.3 Å². The van der Waals surface area contributed by atoms with Gasteiger partial charge in [0, 0.05) is 6.54 Å². The number of hydrogen-bond donors (Lipinski definition) is 2. The van der Waals surface area contributed by atoms with Crippen LogP contribution in [0.5, 0.6) is 11.5 Å². The van der Waals surface area contributed by atoms with Gasteiger partial charge in [0.15, 0.2) is 17.5 Å². The van der Waals surface area contributed by atoms with Crippen LogP contribution in [0.25, 0.3) is 0 Å². The maximum absolute atomic E-state index is 5.66. The summed E-state index contributed by atoms with van der Waals surface area (Å²) in [4.78, 5) is 4.11. The van der Waals surface area contributed by atoms with Gasteiger partial charge < -0.3 is 20.5 Å². The van der Waals surface area contributed by atoms with Gasteiger partial charge in [0.2, 0.25) is 6.79 Å². The van der Waals surface area contributed by atoms with Gasteiger partial charge in [-0.1, -0.05) is 6.07 Å². The normalized spacial score (nSPS) is 22.5. The molecule has 0 aromatic heterocycles. The van der Waals surface area contributed by atoms with Crippen molar-refractivity contribution in [3.8, 4) is 11.5 Å². The van der Waals surface area contributed by atoms with Gasteiger partial charge in [-0.25, -0.2) is 0 Å². The molecule has 0 radical (unpaired) electrons. The van der Waals surface area contributed by atoms with Gasteiger partial charge in [-0.15, -0.1) is 0 Å². The molecule has 2 heterocycles. The van der Waals surface area contributed by atoms with Crippen molar-refractivity contribution >= 4 is 5.96 Å². The molecule has 1 atom stereocenters. The summed E-state index contributed by atoms with van der Waals surface area (Å²) in [6.45, 7) is 1.07. The van der Waals surface area contributed by atoms with Crippen LogP contribution in [0.2, 0.25) is 0 Å². The van der Waals surface area contributed by atoms with Crippen LogP contribution in [0.4, 0.5) is 0 Å². The SMILES string of the molecule is NC1=NCCC(c2ccc3c(c2)OCO3)N1. The Morgan fingerprint density at radius 1 is 1.31 bits per heavy atom. The average molecular weight is 219 g/mol. The molecule has 3 rings (SSSR count). The highest BCUT2D eigenvalue weighted by atomic mass is 16.7. The van der Waals surface area contributed by atoms with E-state index in [1.165, 1.54) is 0 Å². The van der Waals surface area contributed by atoms with Crippen molar-refractivity contribution in [3.05, 3.63) is 23.8 Å². The zero-order valence-electron chi connectivity index (χ0n) is 8.77. The first-order valence-corrected chi connectivity index (χ1v) is 5.29. The summed E-state index contributed by atoms with van der Waals surface area (Å²) in [6.07, 6.45) is 0.945. The molecule has 0 amide bonds. The Kier molecular flexibility index (Phi) is 2.09. The fourth-order valence-corrected chi connectivity index (χ4v) is 1.99. The number of aliphatic imine (C=N–C) groups is 1. The van der Waals surface area contributed by atoms with Crippen LogP contribution in [0, 0.1) is 0 Å². The van der Waals surface area contributed by atoms with Crippen molar-refractivity contribution in [3.63, 3.8) is 0 Å². The smallest absolute Gasteiger partial charge is 0.231 e. The molecule has 84 valence electrons. The topological polar surface area (TPSA) is 68.9 Å². The Morgan fingerprint density at radius 3 is 3.06 bits per heavy atom. The molecule has 0 aliphatic carbocycles. The van der Waals surface area contributed by atoms with Gasteiger partial charge in [0.25, 0.3) is 0 Å². The van der Waals surface area contributed by atoms with Crippen LogP contribution >= 0.6 is 0 Å². The number of rotatable bonds is 1. The van der Waals surface area contributed by atoms with Crippen molar-refractivity contribution in [2.45, 2.75) is 12.5 Å². The summed E-state index contributed by atoms with van der Waals surface area (Å²) in [5.41, 5.74) is 6.81. The van der Waals surface area contributed by atoms with Gasteiger partial charge in [-0.2, -0.15) is 0 Å². The number of benzene rings is 1.